The predicted molar refractivity (Wildman–Crippen MR) is 366 cm³/mol. The highest BCUT2D eigenvalue weighted by Crippen LogP contribution is 2.45. The minimum absolute atomic E-state index is 0.299. The van der Waals surface area contributed by atoms with Crippen LogP contribution in [0.3, 0.4) is 0 Å². The summed E-state index contributed by atoms with van der Waals surface area (Å²) in [5.41, 5.74) is 20.5. The van der Waals surface area contributed by atoms with Crippen LogP contribution in [0.15, 0.2) is 180 Å². The fourth-order valence-corrected chi connectivity index (χ4v) is 15.7. The molecule has 1 N–H and O–H groups in total. The van der Waals surface area contributed by atoms with Crippen LogP contribution >= 0.6 is 35.3 Å². The second kappa shape index (κ2) is 26.4. The summed E-state index contributed by atoms with van der Waals surface area (Å²) in [5.74, 6) is -1.39. The van der Waals surface area contributed by atoms with E-state index in [0.29, 0.717) is 9.23 Å². The van der Waals surface area contributed by atoms with Gasteiger partial charge in [-0.05, 0) is 180 Å². The first-order chi connectivity index (χ1) is 41.7. The lowest BCUT2D eigenvalue weighted by molar-refractivity contribution is -0.140. The Morgan fingerprint density at radius 2 is 1.08 bits per heavy atom. The Kier molecular flexibility index (Phi) is 17.9. The lowest BCUT2D eigenvalue weighted by Crippen LogP contribution is -2.33. The second-order valence-corrected chi connectivity index (χ2v) is 26.0. The van der Waals surface area contributed by atoms with Gasteiger partial charge in [0.05, 0.1) is 27.0 Å². The van der Waals surface area contributed by atoms with E-state index in [1.165, 1.54) is 179 Å². The number of amides is 1. The van der Waals surface area contributed by atoms with Crippen LogP contribution in [-0.4, -0.2) is 41.9 Å². The third kappa shape index (κ3) is 12.2. The van der Waals surface area contributed by atoms with Crippen molar-refractivity contribution in [3.8, 4) is 33.6 Å². The number of thiophene rings is 1. The molecule has 10 aromatic rings. The van der Waals surface area contributed by atoms with Crippen molar-refractivity contribution in [2.24, 2.45) is 0 Å². The van der Waals surface area contributed by atoms with Crippen molar-refractivity contribution in [2.45, 2.75) is 130 Å². The summed E-state index contributed by atoms with van der Waals surface area (Å²) in [4.78, 5) is 29.1. The van der Waals surface area contributed by atoms with Crippen LogP contribution in [-0.2, 0) is 22.4 Å². The van der Waals surface area contributed by atoms with Gasteiger partial charge in [-0.15, -0.1) is 11.3 Å². The van der Waals surface area contributed by atoms with E-state index in [9.17, 15) is 14.7 Å². The number of thioether (sulfide) groups is 1. The Labute approximate surface area is 514 Å². The van der Waals surface area contributed by atoms with Crippen LogP contribution in [0.4, 0.5) is 0 Å². The molecule has 0 saturated carbocycles. The van der Waals surface area contributed by atoms with Crippen molar-refractivity contribution in [3.63, 3.8) is 0 Å². The number of carboxylic acid groups (broad SMARTS) is 1. The minimum Gasteiger partial charge on any atom is -0.480 e. The average Bonchev–Trinajstić information content (AvgIpc) is 2.83. The molecule has 430 valence electrons. The second-order valence-electron chi connectivity index (χ2n) is 23.2. The number of carbonyl (C=O) groups is 2. The third-order valence-electron chi connectivity index (χ3n) is 17.4. The molecule has 7 aromatic carbocycles. The highest BCUT2D eigenvalue weighted by molar-refractivity contribution is 8.26. The molecule has 1 amide bonds. The molecule has 2 aliphatic rings. The van der Waals surface area contributed by atoms with Gasteiger partial charge in [0.15, 0.2) is 0 Å². The van der Waals surface area contributed by atoms with Gasteiger partial charge >= 0.3 is 5.97 Å². The molecule has 0 unspecified atom stereocenters. The summed E-state index contributed by atoms with van der Waals surface area (Å²) < 4.78 is 5.12. The molecular weight excluding hydrogens is 1100 g/mol. The molecule has 4 heterocycles. The topological polar surface area (TPSA) is 67.5 Å². The van der Waals surface area contributed by atoms with E-state index in [1.807, 2.05) is 6.08 Å². The van der Waals surface area contributed by atoms with Crippen LogP contribution in [0.5, 0.6) is 0 Å². The van der Waals surface area contributed by atoms with Crippen LogP contribution in [0, 0.1) is 0 Å². The molecule has 9 heteroatoms. The Balaban J connectivity index is 0.868. The van der Waals surface area contributed by atoms with E-state index >= 15 is 0 Å². The number of aryl methyl sites for hydroxylation is 2. The first-order valence-electron chi connectivity index (χ1n) is 31.1. The maximum absolute atomic E-state index is 13.4. The van der Waals surface area contributed by atoms with E-state index in [-0.39, 0.29) is 5.91 Å². The SMILES string of the molecule is CCCCCCC1=C(c2sc(/C=C3\SC(=S)N(CC(=O)O)C3=O)cc2CCCCCC)CCC(c2ccc(-c3ccc(-n4c5ccccc5c5cc(-c6ccc7c(c6)c6ccccc6n7-c6ccccc6)ccc54)cc3)c(CCCCCC)c2)=C1. The zero-order chi connectivity index (χ0) is 58.4. The third-order valence-corrected chi connectivity index (χ3v) is 20.0. The number of allylic oxidation sites excluding steroid dienone is 4. The van der Waals surface area contributed by atoms with E-state index < -0.39 is 12.5 Å². The fraction of sp³-hybridized carbons (Fsp3) is 0.276. The number of hydrogen-bond acceptors (Lipinski definition) is 5. The molecule has 0 atom stereocenters. The lowest BCUT2D eigenvalue weighted by atomic mass is 9.83. The highest BCUT2D eigenvalue weighted by atomic mass is 32.2. The van der Waals surface area contributed by atoms with Crippen LogP contribution < -0.4 is 0 Å². The first kappa shape index (κ1) is 57.9. The number of nitrogens with zero attached hydrogens (tertiary/aromatic N) is 3. The van der Waals surface area contributed by atoms with Crippen LogP contribution in [0.25, 0.3) is 94.5 Å². The van der Waals surface area contributed by atoms with Gasteiger partial charge in [0.1, 0.15) is 10.9 Å². The number of hydrogen-bond donors (Lipinski definition) is 1. The van der Waals surface area contributed by atoms with Crippen molar-refractivity contribution < 1.29 is 14.7 Å². The van der Waals surface area contributed by atoms with Crippen molar-refractivity contribution in [1.29, 1.82) is 0 Å². The van der Waals surface area contributed by atoms with Gasteiger partial charge in [0.2, 0.25) is 0 Å². The Morgan fingerprint density at radius 1 is 0.541 bits per heavy atom. The smallest absolute Gasteiger partial charge is 0.323 e. The van der Waals surface area contributed by atoms with Gasteiger partial charge in [0, 0.05) is 42.7 Å². The standard InChI is InChI=1S/C76H75N3O3S3/c1-4-7-10-14-23-56-44-52(53-35-41-63(57(45-53)24-15-11-8-5-2)74-58(25-16-12-9-6-3)46-61(84-74)49-72-75(82)77(50-73(80)81)76(83)85-72)34-40-62(56)51-32-38-60(39-33-51)79-69-31-22-20-29-65(69)67-48-55(37-43-71(67)79)54-36-42-70-66(47-54)64-28-19-21-30-68(64)78(70)59-26-17-13-18-27-59/h13,17-22,26-34,36-40,42-49H,4-12,14-16,23-25,35,41,50H2,1-3H3,(H,80,81)/b72-49-. The largest absolute Gasteiger partial charge is 0.480 e. The number of aliphatic carboxylic acids is 1. The lowest BCUT2D eigenvalue weighted by Gasteiger charge is -2.23. The number of benzene rings is 7. The summed E-state index contributed by atoms with van der Waals surface area (Å²) in [6.45, 7) is 6.41. The van der Waals surface area contributed by atoms with Crippen molar-refractivity contribution in [3.05, 3.63) is 207 Å². The minimum atomic E-state index is -1.07. The molecule has 1 aliphatic heterocycles. The van der Waals surface area contributed by atoms with Gasteiger partial charge in [-0.1, -0.05) is 206 Å². The molecule has 1 aliphatic carbocycles. The molecule has 1 fully saturated rings. The quantitative estimate of drug-likeness (QED) is 0.0371. The number of aromatic nitrogens is 2. The number of thiocarbonyl (C=S) groups is 1. The maximum atomic E-state index is 13.4. The number of para-hydroxylation sites is 3. The van der Waals surface area contributed by atoms with Crippen molar-refractivity contribution in [2.75, 3.05) is 6.54 Å². The monoisotopic (exact) mass is 1170 g/mol. The summed E-state index contributed by atoms with van der Waals surface area (Å²) in [6, 6.07) is 61.1. The van der Waals surface area contributed by atoms with Crippen LogP contribution in [0.1, 0.15) is 144 Å². The van der Waals surface area contributed by atoms with Crippen molar-refractivity contribution in [1.82, 2.24) is 14.0 Å². The summed E-state index contributed by atoms with van der Waals surface area (Å²) in [5, 5.41) is 14.5. The molecular formula is C76H75N3O3S3. The summed E-state index contributed by atoms with van der Waals surface area (Å²) in [7, 11) is 0. The molecule has 85 heavy (non-hydrogen) atoms. The number of carboxylic acids is 1. The van der Waals surface area contributed by atoms with E-state index in [4.69, 9.17) is 12.2 Å². The molecule has 0 bridgehead atoms. The molecule has 12 rings (SSSR count). The molecule has 6 nitrogen and oxygen atoms in total. The fourth-order valence-electron chi connectivity index (χ4n) is 13.1. The molecule has 1 saturated heterocycles. The summed E-state index contributed by atoms with van der Waals surface area (Å²) in [6.07, 6.45) is 23.8. The zero-order valence-electron chi connectivity index (χ0n) is 49.3. The molecule has 3 aromatic heterocycles. The van der Waals surface area contributed by atoms with E-state index in [2.05, 4.69) is 200 Å². The number of unbranched alkanes of at least 4 members (excludes halogenated alkanes) is 9. The number of rotatable bonds is 24. The summed E-state index contributed by atoms with van der Waals surface area (Å²) >= 11 is 8.47. The molecule has 0 spiro atoms. The molecule has 0 radical (unpaired) electrons. The van der Waals surface area contributed by atoms with Gasteiger partial charge in [-0.3, -0.25) is 14.5 Å². The van der Waals surface area contributed by atoms with Crippen molar-refractivity contribution >= 4 is 112 Å². The van der Waals surface area contributed by atoms with Crippen LogP contribution in [0.2, 0.25) is 0 Å². The normalized spacial score (nSPS) is 14.4. The number of carbonyl (C=O) groups excluding carboxylic acids is 1. The Bertz CT molecular complexity index is 4230. The Hall–Kier alpha value is -7.56. The highest BCUT2D eigenvalue weighted by Gasteiger charge is 2.34. The first-order valence-corrected chi connectivity index (χ1v) is 33.1. The van der Waals surface area contributed by atoms with Gasteiger partial charge in [-0.25, -0.2) is 0 Å². The van der Waals surface area contributed by atoms with Gasteiger partial charge in [0.25, 0.3) is 5.91 Å². The van der Waals surface area contributed by atoms with E-state index in [1.54, 1.807) is 11.3 Å². The van der Waals surface area contributed by atoms with Gasteiger partial charge < -0.3 is 14.2 Å². The average molecular weight is 1170 g/mol. The maximum Gasteiger partial charge on any atom is 0.323 e. The van der Waals surface area contributed by atoms with Gasteiger partial charge in [-0.2, -0.15) is 0 Å². The predicted octanol–water partition coefficient (Wildman–Crippen LogP) is 21.4. The number of fused-ring (bicyclic) bond motifs is 6. The van der Waals surface area contributed by atoms with E-state index in [0.717, 1.165) is 67.6 Å². The zero-order valence-corrected chi connectivity index (χ0v) is 51.8. The Morgan fingerprint density at radius 3 is 1.69 bits per heavy atom.